The predicted octanol–water partition coefficient (Wildman–Crippen LogP) is 17.0. The summed E-state index contributed by atoms with van der Waals surface area (Å²) in [6, 6.07) is 85.4. The maximum absolute atomic E-state index is 5.21. The van der Waals surface area contributed by atoms with Crippen molar-refractivity contribution in [3.05, 3.63) is 237 Å². The molecule has 0 saturated heterocycles. The summed E-state index contributed by atoms with van der Waals surface area (Å²) in [5.41, 5.74) is 11.7. The highest BCUT2D eigenvalue weighted by Crippen LogP contribution is 2.40. The van der Waals surface area contributed by atoms with E-state index in [0.29, 0.717) is 0 Å². The number of nitrogens with zero attached hydrogens (tertiary/aromatic N) is 3. The van der Waals surface area contributed by atoms with Crippen LogP contribution in [0.3, 0.4) is 0 Å². The van der Waals surface area contributed by atoms with Crippen LogP contribution in [0.15, 0.2) is 237 Å². The van der Waals surface area contributed by atoms with Crippen LogP contribution >= 0.6 is 0 Å². The molecule has 302 valence electrons. The summed E-state index contributed by atoms with van der Waals surface area (Å²) in [4.78, 5) is 12.8. The van der Waals surface area contributed by atoms with Gasteiger partial charge in [0.25, 0.3) is 0 Å². The summed E-state index contributed by atoms with van der Waals surface area (Å²) < 4.78 is 0. The first-order chi connectivity index (χ1) is 32.2. The summed E-state index contributed by atoms with van der Waals surface area (Å²) in [6.45, 7) is 0. The van der Waals surface area contributed by atoms with Crippen LogP contribution in [0.2, 0.25) is 0 Å². The van der Waals surface area contributed by atoms with Gasteiger partial charge in [-0.05, 0) is 115 Å². The Morgan fingerprint density at radius 2 is 0.615 bits per heavy atom. The molecule has 65 heavy (non-hydrogen) atoms. The zero-order valence-electron chi connectivity index (χ0n) is 35.4. The van der Waals surface area contributed by atoms with E-state index in [1.807, 2.05) is 0 Å². The van der Waals surface area contributed by atoms with Gasteiger partial charge in [-0.25, -0.2) is 9.97 Å². The lowest BCUT2D eigenvalue weighted by Crippen LogP contribution is -2.10. The molecule has 0 aliphatic rings. The van der Waals surface area contributed by atoms with Gasteiger partial charge in [-0.2, -0.15) is 0 Å². The van der Waals surface area contributed by atoms with E-state index >= 15 is 0 Å². The van der Waals surface area contributed by atoms with Gasteiger partial charge in [0.15, 0.2) is 0 Å². The largest absolute Gasteiger partial charge is 0.310 e. The Bertz CT molecular complexity index is 3840. The zero-order chi connectivity index (χ0) is 42.8. The van der Waals surface area contributed by atoms with Crippen LogP contribution in [-0.4, -0.2) is 9.97 Å². The number of pyridine rings is 2. The van der Waals surface area contributed by atoms with Gasteiger partial charge in [0.05, 0.1) is 22.4 Å². The number of rotatable bonds is 6. The lowest BCUT2D eigenvalue weighted by molar-refractivity contribution is 1.28. The van der Waals surface area contributed by atoms with Crippen molar-refractivity contribution >= 4 is 92.7 Å². The quantitative estimate of drug-likeness (QED) is 0.156. The summed E-state index contributed by atoms with van der Waals surface area (Å²) in [7, 11) is 0. The van der Waals surface area contributed by atoms with Gasteiger partial charge in [0.1, 0.15) is 0 Å². The summed E-state index contributed by atoms with van der Waals surface area (Å²) in [5, 5.41) is 14.4. The van der Waals surface area contributed by atoms with Gasteiger partial charge in [0.2, 0.25) is 0 Å². The maximum atomic E-state index is 5.21. The molecule has 0 bridgehead atoms. The lowest BCUT2D eigenvalue weighted by Gasteiger charge is -2.26. The normalized spacial score (nSPS) is 11.7. The van der Waals surface area contributed by atoms with Crippen molar-refractivity contribution < 1.29 is 0 Å². The average molecular weight is 826 g/mol. The van der Waals surface area contributed by atoms with Crippen LogP contribution < -0.4 is 4.90 Å². The molecule has 13 rings (SSSR count). The van der Waals surface area contributed by atoms with Gasteiger partial charge in [-0.15, -0.1) is 0 Å². The highest BCUT2D eigenvalue weighted by Gasteiger charge is 2.16. The Balaban J connectivity index is 0.895. The molecule has 2 heterocycles. The standard InChI is InChI=1S/C62H39N3/c1-2-10-47-37-48(18-13-40(47)7-1)49-25-33-55-50(38-49)19-20-51-39-54(32-34-56(51)55)65(52-28-21-43(22-29-52)59-35-26-45-16-14-41-8-3-5-11-57(41)61(45)63-59)53-30-23-44(24-31-53)60-36-27-46-17-15-42-9-4-6-12-58(42)62(46)64-60/h1-39H. The van der Waals surface area contributed by atoms with Gasteiger partial charge in [-0.1, -0.05) is 176 Å². The van der Waals surface area contributed by atoms with Crippen LogP contribution in [-0.2, 0) is 0 Å². The molecule has 0 aliphatic carbocycles. The highest BCUT2D eigenvalue weighted by atomic mass is 15.1. The third-order valence-electron chi connectivity index (χ3n) is 13.2. The molecule has 0 aliphatic heterocycles. The van der Waals surface area contributed by atoms with Gasteiger partial charge >= 0.3 is 0 Å². The molecule has 2 aromatic heterocycles. The minimum atomic E-state index is 0.952. The molecule has 3 heteroatoms. The number of aromatic nitrogens is 2. The number of hydrogen-bond acceptors (Lipinski definition) is 3. The van der Waals surface area contributed by atoms with E-state index in [1.165, 1.54) is 65.0 Å². The summed E-state index contributed by atoms with van der Waals surface area (Å²) >= 11 is 0. The minimum Gasteiger partial charge on any atom is -0.310 e. The van der Waals surface area contributed by atoms with E-state index in [4.69, 9.17) is 9.97 Å². The van der Waals surface area contributed by atoms with Crippen molar-refractivity contribution in [2.24, 2.45) is 0 Å². The highest BCUT2D eigenvalue weighted by molar-refractivity contribution is 6.10. The van der Waals surface area contributed by atoms with Gasteiger partial charge in [-0.3, -0.25) is 0 Å². The molecule has 11 aromatic carbocycles. The molecule has 3 nitrogen and oxygen atoms in total. The molecule has 13 aromatic rings. The first-order valence-electron chi connectivity index (χ1n) is 22.2. The second kappa shape index (κ2) is 15.0. The molecule has 0 radical (unpaired) electrons. The minimum absolute atomic E-state index is 0.952. The third-order valence-corrected chi connectivity index (χ3v) is 13.2. The van der Waals surface area contributed by atoms with Crippen molar-refractivity contribution in [3.63, 3.8) is 0 Å². The van der Waals surface area contributed by atoms with Crippen LogP contribution in [0.5, 0.6) is 0 Å². The predicted molar refractivity (Wildman–Crippen MR) is 276 cm³/mol. The fourth-order valence-electron chi connectivity index (χ4n) is 9.79. The topological polar surface area (TPSA) is 29.0 Å². The maximum Gasteiger partial charge on any atom is 0.0787 e. The number of benzene rings is 11. The summed E-state index contributed by atoms with van der Waals surface area (Å²) in [5.74, 6) is 0. The Labute approximate surface area is 376 Å². The van der Waals surface area contributed by atoms with E-state index in [0.717, 1.165) is 61.4 Å². The zero-order valence-corrected chi connectivity index (χ0v) is 35.4. The monoisotopic (exact) mass is 825 g/mol. The van der Waals surface area contributed by atoms with Crippen molar-refractivity contribution in [2.75, 3.05) is 4.90 Å². The van der Waals surface area contributed by atoms with Gasteiger partial charge in [0, 0.05) is 49.7 Å². The first-order valence-corrected chi connectivity index (χ1v) is 22.2. The second-order valence-corrected chi connectivity index (χ2v) is 17.0. The molecule has 0 fully saturated rings. The van der Waals surface area contributed by atoms with E-state index in [9.17, 15) is 0 Å². The van der Waals surface area contributed by atoms with Gasteiger partial charge < -0.3 is 4.90 Å². The van der Waals surface area contributed by atoms with Crippen LogP contribution in [0, 0.1) is 0 Å². The molecule has 0 atom stereocenters. The molecule has 0 N–H and O–H groups in total. The fraction of sp³-hybridized carbons (Fsp3) is 0. The van der Waals surface area contributed by atoms with Crippen LogP contribution in [0.25, 0.3) is 109 Å². The Hall–Kier alpha value is -8.66. The number of fused-ring (bicyclic) bond motifs is 10. The van der Waals surface area contributed by atoms with E-state index < -0.39 is 0 Å². The van der Waals surface area contributed by atoms with Crippen molar-refractivity contribution in [2.45, 2.75) is 0 Å². The number of hydrogen-bond donors (Lipinski definition) is 0. The molecular weight excluding hydrogens is 787 g/mol. The lowest BCUT2D eigenvalue weighted by atomic mass is 9.96. The van der Waals surface area contributed by atoms with Crippen LogP contribution in [0.4, 0.5) is 17.1 Å². The Morgan fingerprint density at radius 3 is 1.20 bits per heavy atom. The average Bonchev–Trinajstić information content (AvgIpc) is 3.38. The summed E-state index contributed by atoms with van der Waals surface area (Å²) in [6.07, 6.45) is 0. The van der Waals surface area contributed by atoms with Crippen molar-refractivity contribution in [1.82, 2.24) is 9.97 Å². The Kier molecular flexibility index (Phi) is 8.53. The van der Waals surface area contributed by atoms with Crippen molar-refractivity contribution in [1.29, 1.82) is 0 Å². The third kappa shape index (κ3) is 6.44. The molecule has 0 amide bonds. The molecule has 0 spiro atoms. The number of anilines is 3. The van der Waals surface area contributed by atoms with E-state index in [-0.39, 0.29) is 0 Å². The van der Waals surface area contributed by atoms with E-state index in [2.05, 4.69) is 241 Å². The molecular formula is C62H39N3. The van der Waals surface area contributed by atoms with E-state index in [1.54, 1.807) is 0 Å². The smallest absolute Gasteiger partial charge is 0.0787 e. The second-order valence-electron chi connectivity index (χ2n) is 17.0. The fourth-order valence-corrected chi connectivity index (χ4v) is 9.79. The SMILES string of the molecule is c1ccc2cc(-c3ccc4c(ccc5cc(N(c6ccc(-c7ccc8ccc9ccccc9c8n7)cc6)c6ccc(-c7ccc8ccc9ccccc9c8n7)cc6)ccc54)c3)ccc2c1. The Morgan fingerprint density at radius 1 is 0.231 bits per heavy atom. The van der Waals surface area contributed by atoms with Crippen LogP contribution in [0.1, 0.15) is 0 Å². The molecule has 0 unspecified atom stereocenters. The first kappa shape index (κ1) is 36.9. The molecule has 0 saturated carbocycles. The van der Waals surface area contributed by atoms with Crippen molar-refractivity contribution in [3.8, 4) is 33.6 Å².